The van der Waals surface area contributed by atoms with Crippen molar-refractivity contribution in [2.45, 2.75) is 47.5 Å². The minimum absolute atomic E-state index is 0.0761. The normalized spacial score (nSPS) is 17.5. The molecule has 200 valence electrons. The molecule has 1 aliphatic heterocycles. The van der Waals surface area contributed by atoms with Crippen LogP contribution in [-0.4, -0.2) is 48.2 Å². The van der Waals surface area contributed by atoms with Crippen LogP contribution in [0.5, 0.6) is 0 Å². The highest BCUT2D eigenvalue weighted by molar-refractivity contribution is 5.88. The first-order valence-corrected chi connectivity index (χ1v) is 12.9. The molecule has 0 aromatic heterocycles. The molecule has 1 saturated heterocycles. The molecule has 1 amide bonds. The second kappa shape index (κ2) is 18.8. The number of carboxylic acids is 1. The number of likely N-dealkylation sites (tertiary alicyclic amines) is 1. The van der Waals surface area contributed by atoms with Crippen LogP contribution in [0.25, 0.3) is 0 Å². The van der Waals surface area contributed by atoms with Gasteiger partial charge in [0.15, 0.2) is 0 Å². The topological polar surface area (TPSA) is 66.8 Å². The minimum atomic E-state index is -0.952. The van der Waals surface area contributed by atoms with Crippen molar-refractivity contribution in [3.63, 3.8) is 0 Å². The summed E-state index contributed by atoms with van der Waals surface area (Å²) in [6.45, 7) is 13.0. The number of hydrogen-bond acceptors (Lipinski definition) is 3. The van der Waals surface area contributed by atoms with Crippen LogP contribution in [0, 0.1) is 5.92 Å². The van der Waals surface area contributed by atoms with Crippen LogP contribution in [0.4, 0.5) is 0 Å². The van der Waals surface area contributed by atoms with E-state index in [1.807, 2.05) is 106 Å². The molecule has 1 fully saturated rings. The van der Waals surface area contributed by atoms with Crippen molar-refractivity contribution < 1.29 is 19.4 Å². The van der Waals surface area contributed by atoms with Crippen molar-refractivity contribution in [2.24, 2.45) is 5.92 Å². The number of amides is 1. The Balaban J connectivity index is 2.48. The minimum Gasteiger partial charge on any atom is -0.478 e. The van der Waals surface area contributed by atoms with Gasteiger partial charge in [0.2, 0.25) is 5.91 Å². The Bertz CT molecular complexity index is 1010. The lowest BCUT2D eigenvalue weighted by Gasteiger charge is -2.31. The van der Waals surface area contributed by atoms with Gasteiger partial charge in [0.1, 0.15) is 0 Å². The summed E-state index contributed by atoms with van der Waals surface area (Å²) >= 11 is 0. The number of carbonyl (C=O) groups is 2. The third-order valence-corrected chi connectivity index (χ3v) is 5.73. The summed E-state index contributed by atoms with van der Waals surface area (Å²) in [5, 5.41) is 8.63. The lowest BCUT2D eigenvalue weighted by molar-refractivity contribution is -0.131. The van der Waals surface area contributed by atoms with Crippen molar-refractivity contribution in [3.05, 3.63) is 107 Å². The SMILES string of the molecule is CCOCC1CCN(C(=O)/C=C/C(C)=C/C=C/C(C)=C/C=C/C=C(C)/C=C/C=C(C)\C=C\C(=O)O)CC1. The molecule has 0 atom stereocenters. The number of carbonyl (C=O) groups excluding carboxylic acids is 1. The molecular weight excluding hydrogens is 462 g/mol. The molecular formula is C32H43NO4. The van der Waals surface area contributed by atoms with Crippen LogP contribution >= 0.6 is 0 Å². The van der Waals surface area contributed by atoms with E-state index >= 15 is 0 Å². The first-order valence-electron chi connectivity index (χ1n) is 12.9. The Morgan fingerprint density at radius 3 is 1.68 bits per heavy atom. The highest BCUT2D eigenvalue weighted by Crippen LogP contribution is 2.18. The molecule has 1 heterocycles. The van der Waals surface area contributed by atoms with Gasteiger partial charge in [-0.05, 0) is 53.4 Å². The molecule has 0 aliphatic carbocycles. The van der Waals surface area contributed by atoms with E-state index in [0.29, 0.717) is 5.92 Å². The fourth-order valence-electron chi connectivity index (χ4n) is 3.46. The highest BCUT2D eigenvalue weighted by Gasteiger charge is 2.21. The zero-order valence-electron chi connectivity index (χ0n) is 23.0. The highest BCUT2D eigenvalue weighted by atomic mass is 16.5. The molecule has 0 aromatic carbocycles. The largest absolute Gasteiger partial charge is 0.478 e. The number of ether oxygens (including phenoxy) is 1. The lowest BCUT2D eigenvalue weighted by Crippen LogP contribution is -2.38. The van der Waals surface area contributed by atoms with Crippen molar-refractivity contribution in [2.75, 3.05) is 26.3 Å². The first kappa shape index (κ1) is 31.6. The molecule has 1 N–H and O–H groups in total. The summed E-state index contributed by atoms with van der Waals surface area (Å²) < 4.78 is 5.51. The Labute approximate surface area is 223 Å². The lowest BCUT2D eigenvalue weighted by atomic mass is 9.98. The monoisotopic (exact) mass is 505 g/mol. The number of nitrogens with zero attached hydrogens (tertiary/aromatic N) is 1. The van der Waals surface area contributed by atoms with E-state index < -0.39 is 5.97 Å². The Hall–Kier alpha value is -3.44. The van der Waals surface area contributed by atoms with Crippen LogP contribution in [0.1, 0.15) is 47.5 Å². The summed E-state index contributed by atoms with van der Waals surface area (Å²) in [6, 6.07) is 0. The average molecular weight is 506 g/mol. The Morgan fingerprint density at radius 1 is 0.730 bits per heavy atom. The van der Waals surface area contributed by atoms with Crippen LogP contribution in [0.2, 0.25) is 0 Å². The summed E-state index contributed by atoms with van der Waals surface area (Å²) in [5.74, 6) is -0.311. The summed E-state index contributed by atoms with van der Waals surface area (Å²) in [7, 11) is 0. The third-order valence-electron chi connectivity index (χ3n) is 5.73. The van der Waals surface area contributed by atoms with Gasteiger partial charge in [-0.25, -0.2) is 4.79 Å². The van der Waals surface area contributed by atoms with E-state index in [1.165, 1.54) is 0 Å². The molecule has 0 unspecified atom stereocenters. The molecule has 0 spiro atoms. The maximum Gasteiger partial charge on any atom is 0.328 e. The van der Waals surface area contributed by atoms with Crippen molar-refractivity contribution in [1.29, 1.82) is 0 Å². The predicted octanol–water partition coefficient (Wildman–Crippen LogP) is 6.91. The van der Waals surface area contributed by atoms with E-state index in [-0.39, 0.29) is 5.91 Å². The van der Waals surface area contributed by atoms with Gasteiger partial charge in [-0.1, -0.05) is 95.2 Å². The second-order valence-electron chi connectivity index (χ2n) is 9.18. The predicted molar refractivity (Wildman–Crippen MR) is 154 cm³/mol. The van der Waals surface area contributed by atoms with Gasteiger partial charge in [-0.3, -0.25) is 4.79 Å². The average Bonchev–Trinajstić information content (AvgIpc) is 2.87. The number of rotatable bonds is 13. The standard InChI is InChI=1S/C32H43NO4/c1-6-37-25-30-21-23-33(24-22-30)31(34)19-17-28(4)15-9-13-26(2)11-7-8-12-27(3)14-10-16-29(5)18-20-32(35)36/h7-20,30H,6,21-25H2,1-5H3,(H,35,36)/b8-7+,13-9+,14-10+,19-17+,20-18+,26-11+,27-12+,28-15+,29-16-. The quantitative estimate of drug-likeness (QED) is 0.218. The van der Waals surface area contributed by atoms with Crippen LogP contribution < -0.4 is 0 Å². The van der Waals surface area contributed by atoms with Crippen molar-refractivity contribution in [1.82, 2.24) is 4.90 Å². The van der Waals surface area contributed by atoms with Gasteiger partial charge in [0.25, 0.3) is 0 Å². The second-order valence-corrected chi connectivity index (χ2v) is 9.18. The zero-order chi connectivity index (χ0) is 27.5. The molecule has 5 heteroatoms. The maximum absolute atomic E-state index is 12.4. The Morgan fingerprint density at radius 2 is 1.19 bits per heavy atom. The molecule has 0 aromatic rings. The van der Waals surface area contributed by atoms with Gasteiger partial charge in [0.05, 0.1) is 0 Å². The van der Waals surface area contributed by atoms with Crippen molar-refractivity contribution in [3.8, 4) is 0 Å². The molecule has 0 bridgehead atoms. The fourth-order valence-corrected chi connectivity index (χ4v) is 3.46. The maximum atomic E-state index is 12.4. The zero-order valence-corrected chi connectivity index (χ0v) is 23.0. The first-order chi connectivity index (χ1) is 17.7. The van der Waals surface area contributed by atoms with Gasteiger partial charge in [0, 0.05) is 38.5 Å². The number of carboxylic acid groups (broad SMARTS) is 1. The molecule has 0 saturated carbocycles. The van der Waals surface area contributed by atoms with Crippen LogP contribution in [0.3, 0.4) is 0 Å². The van der Waals surface area contributed by atoms with Crippen molar-refractivity contribution >= 4 is 11.9 Å². The summed E-state index contributed by atoms with van der Waals surface area (Å²) in [5.41, 5.74) is 4.08. The molecule has 5 nitrogen and oxygen atoms in total. The van der Waals surface area contributed by atoms with Gasteiger partial charge < -0.3 is 14.7 Å². The molecule has 0 radical (unpaired) electrons. The van der Waals surface area contributed by atoms with E-state index in [1.54, 1.807) is 12.2 Å². The van der Waals surface area contributed by atoms with Gasteiger partial charge in [-0.15, -0.1) is 0 Å². The van der Waals surface area contributed by atoms with E-state index in [9.17, 15) is 9.59 Å². The van der Waals surface area contributed by atoms with E-state index in [2.05, 4.69) is 0 Å². The van der Waals surface area contributed by atoms with E-state index in [0.717, 1.165) is 67.5 Å². The van der Waals surface area contributed by atoms with E-state index in [4.69, 9.17) is 9.84 Å². The molecule has 37 heavy (non-hydrogen) atoms. The van der Waals surface area contributed by atoms with Gasteiger partial charge in [-0.2, -0.15) is 0 Å². The smallest absolute Gasteiger partial charge is 0.328 e. The summed E-state index contributed by atoms with van der Waals surface area (Å²) in [6.07, 6.45) is 28.0. The van der Waals surface area contributed by atoms with Gasteiger partial charge >= 0.3 is 5.97 Å². The fraction of sp³-hybridized carbons (Fsp3) is 0.375. The number of aliphatic carboxylic acids is 1. The van der Waals surface area contributed by atoms with Crippen LogP contribution in [-0.2, 0) is 14.3 Å². The van der Waals surface area contributed by atoms with Crippen LogP contribution in [0.15, 0.2) is 107 Å². The third kappa shape index (κ3) is 16.0. The molecule has 1 aliphatic rings. The molecule has 1 rings (SSSR count). The number of allylic oxidation sites excluding steroid dienone is 16. The number of hydrogen-bond donors (Lipinski definition) is 1. The Kier molecular flexibility index (Phi) is 16.0. The number of piperidine rings is 1. The summed E-state index contributed by atoms with van der Waals surface area (Å²) in [4.78, 5) is 24.9.